The Morgan fingerprint density at radius 1 is 1.00 bits per heavy atom. The average Bonchev–Trinajstić information content (AvgIpc) is 2.78. The molecule has 0 N–H and O–H groups in total. The molecular formula is C24H30N2O3. The Kier molecular flexibility index (Phi) is 5.50. The molecule has 29 heavy (non-hydrogen) atoms. The van der Waals surface area contributed by atoms with E-state index >= 15 is 0 Å². The van der Waals surface area contributed by atoms with Crippen LogP contribution in [0.15, 0.2) is 42.5 Å². The van der Waals surface area contributed by atoms with Gasteiger partial charge in [0.25, 0.3) is 5.91 Å². The maximum Gasteiger partial charge on any atom is 0.253 e. The Bertz CT molecular complexity index is 870. The minimum atomic E-state index is -0.314. The van der Waals surface area contributed by atoms with E-state index in [1.165, 1.54) is 6.42 Å². The van der Waals surface area contributed by atoms with Gasteiger partial charge in [0, 0.05) is 31.5 Å². The molecule has 154 valence electrons. The molecular weight excluding hydrogens is 364 g/mol. The van der Waals surface area contributed by atoms with Crippen LogP contribution in [0.4, 0.5) is 11.4 Å². The van der Waals surface area contributed by atoms with Gasteiger partial charge in [-0.05, 0) is 69.0 Å². The number of nitrogens with zero attached hydrogens (tertiary/aromatic N) is 2. The second-order valence-electron chi connectivity index (χ2n) is 8.30. The number of carbonyl (C=O) groups excluding carboxylic acids is 1. The zero-order chi connectivity index (χ0) is 20.4. The molecule has 2 aliphatic rings. The lowest BCUT2D eigenvalue weighted by molar-refractivity contribution is 0.0192. The van der Waals surface area contributed by atoms with Gasteiger partial charge in [0.1, 0.15) is 12.4 Å². The number of likely N-dealkylation sites (tertiary alicyclic amines) is 1. The zero-order valence-corrected chi connectivity index (χ0v) is 17.6. The van der Waals surface area contributed by atoms with Crippen LogP contribution in [0.3, 0.4) is 0 Å². The highest BCUT2D eigenvalue weighted by molar-refractivity contribution is 5.95. The van der Waals surface area contributed by atoms with E-state index in [9.17, 15) is 4.79 Å². The Labute approximate surface area is 173 Å². The van der Waals surface area contributed by atoms with Gasteiger partial charge in [-0.1, -0.05) is 12.1 Å². The summed E-state index contributed by atoms with van der Waals surface area (Å²) in [4.78, 5) is 17.0. The molecule has 0 radical (unpaired) electrons. The fourth-order valence-corrected chi connectivity index (χ4v) is 4.06. The third-order valence-corrected chi connectivity index (χ3v) is 6.10. The van der Waals surface area contributed by atoms with Crippen molar-refractivity contribution in [2.75, 3.05) is 38.3 Å². The third-order valence-electron chi connectivity index (χ3n) is 6.10. The number of fused-ring (bicyclic) bond motifs is 1. The van der Waals surface area contributed by atoms with E-state index in [0.29, 0.717) is 12.2 Å². The summed E-state index contributed by atoms with van der Waals surface area (Å²) in [5.74, 6) is 0.889. The number of piperidine rings is 1. The van der Waals surface area contributed by atoms with Crippen LogP contribution in [0.2, 0.25) is 0 Å². The maximum absolute atomic E-state index is 12.8. The summed E-state index contributed by atoms with van der Waals surface area (Å²) in [5, 5.41) is 0. The molecule has 0 bridgehead atoms. The lowest BCUT2D eigenvalue weighted by Crippen LogP contribution is -2.35. The van der Waals surface area contributed by atoms with Gasteiger partial charge < -0.3 is 19.3 Å². The van der Waals surface area contributed by atoms with E-state index in [-0.39, 0.29) is 11.5 Å². The number of ether oxygens (including phenoxy) is 2. The molecule has 2 aromatic carbocycles. The predicted octanol–water partition coefficient (Wildman–Crippen LogP) is 4.72. The van der Waals surface area contributed by atoms with Gasteiger partial charge in [-0.15, -0.1) is 0 Å². The van der Waals surface area contributed by atoms with Crippen molar-refractivity contribution < 1.29 is 14.3 Å². The Morgan fingerprint density at radius 2 is 1.72 bits per heavy atom. The minimum absolute atomic E-state index is 0.111. The first-order valence-electron chi connectivity index (χ1n) is 10.5. The van der Waals surface area contributed by atoms with E-state index in [1.54, 1.807) is 7.11 Å². The highest BCUT2D eigenvalue weighted by Crippen LogP contribution is 2.38. The van der Waals surface area contributed by atoms with E-state index in [0.717, 1.165) is 55.2 Å². The lowest BCUT2D eigenvalue weighted by atomic mass is 9.97. The second kappa shape index (κ2) is 8.07. The first kappa shape index (κ1) is 19.8. The minimum Gasteiger partial charge on any atom is -0.490 e. The van der Waals surface area contributed by atoms with Crippen molar-refractivity contribution in [3.05, 3.63) is 53.6 Å². The second-order valence-corrected chi connectivity index (χ2v) is 8.30. The van der Waals surface area contributed by atoms with Crippen molar-refractivity contribution in [1.82, 2.24) is 4.90 Å². The lowest BCUT2D eigenvalue weighted by Gasteiger charge is -2.33. The molecule has 1 fully saturated rings. The monoisotopic (exact) mass is 394 g/mol. The summed E-state index contributed by atoms with van der Waals surface area (Å²) in [6, 6.07) is 14.3. The van der Waals surface area contributed by atoms with Crippen molar-refractivity contribution >= 4 is 17.3 Å². The molecule has 0 aliphatic carbocycles. The highest BCUT2D eigenvalue weighted by atomic mass is 16.5. The van der Waals surface area contributed by atoms with Crippen molar-refractivity contribution in [1.29, 1.82) is 0 Å². The molecule has 5 nitrogen and oxygen atoms in total. The molecule has 5 heteroatoms. The van der Waals surface area contributed by atoms with Gasteiger partial charge in [-0.3, -0.25) is 4.79 Å². The number of methoxy groups -OCH3 is 1. The number of hydrogen-bond donors (Lipinski definition) is 0. The number of carbonyl (C=O) groups is 1. The quantitative estimate of drug-likeness (QED) is 0.752. The number of anilines is 2. The van der Waals surface area contributed by atoms with E-state index < -0.39 is 0 Å². The SMILES string of the molecule is COC(C)(C)c1ccc(N2CCOc3cc(C(=O)N4CCCCC4)ccc32)cc1. The first-order valence-corrected chi connectivity index (χ1v) is 10.5. The van der Waals surface area contributed by atoms with Gasteiger partial charge in [0.05, 0.1) is 17.8 Å². The molecule has 2 aromatic rings. The van der Waals surface area contributed by atoms with Crippen molar-refractivity contribution in [2.45, 2.75) is 38.7 Å². The van der Waals surface area contributed by atoms with Crippen LogP contribution in [0.25, 0.3) is 0 Å². The van der Waals surface area contributed by atoms with Crippen molar-refractivity contribution in [2.24, 2.45) is 0 Å². The molecule has 0 spiro atoms. The Hall–Kier alpha value is -2.53. The number of rotatable bonds is 4. The molecule has 2 heterocycles. The van der Waals surface area contributed by atoms with Crippen LogP contribution in [-0.4, -0.2) is 44.2 Å². The van der Waals surface area contributed by atoms with Gasteiger partial charge in [-0.2, -0.15) is 0 Å². The normalized spacial score (nSPS) is 16.9. The Balaban J connectivity index is 1.58. The van der Waals surface area contributed by atoms with E-state index in [2.05, 4.69) is 43.0 Å². The summed E-state index contributed by atoms with van der Waals surface area (Å²) in [6.07, 6.45) is 3.40. The average molecular weight is 395 g/mol. The summed E-state index contributed by atoms with van der Waals surface area (Å²) < 4.78 is 11.5. The largest absolute Gasteiger partial charge is 0.490 e. The van der Waals surface area contributed by atoms with E-state index in [1.807, 2.05) is 23.1 Å². The molecule has 0 unspecified atom stereocenters. The van der Waals surface area contributed by atoms with Crippen LogP contribution in [0.5, 0.6) is 5.75 Å². The number of benzene rings is 2. The number of amides is 1. The summed E-state index contributed by atoms with van der Waals surface area (Å²) in [5.41, 5.74) is 3.65. The predicted molar refractivity (Wildman–Crippen MR) is 115 cm³/mol. The van der Waals surface area contributed by atoms with Gasteiger partial charge in [0.2, 0.25) is 0 Å². The molecule has 1 saturated heterocycles. The fourth-order valence-electron chi connectivity index (χ4n) is 4.06. The molecule has 2 aliphatic heterocycles. The molecule has 0 aromatic heterocycles. The molecule has 0 saturated carbocycles. The standard InChI is InChI=1S/C24H30N2O3/c1-24(2,28-3)19-8-10-20(11-9-19)26-15-16-29-22-17-18(7-12-21(22)26)23(27)25-13-5-4-6-14-25/h7-12,17H,4-6,13-16H2,1-3H3. The summed E-state index contributed by atoms with van der Waals surface area (Å²) in [6.45, 7) is 7.21. The van der Waals surface area contributed by atoms with Gasteiger partial charge >= 0.3 is 0 Å². The van der Waals surface area contributed by atoms with E-state index in [4.69, 9.17) is 9.47 Å². The Morgan fingerprint density at radius 3 is 2.41 bits per heavy atom. The van der Waals surface area contributed by atoms with Crippen molar-refractivity contribution in [3.63, 3.8) is 0 Å². The van der Waals surface area contributed by atoms with Gasteiger partial charge in [0.15, 0.2) is 0 Å². The fraction of sp³-hybridized carbons (Fsp3) is 0.458. The maximum atomic E-state index is 12.8. The molecule has 1 amide bonds. The third kappa shape index (κ3) is 3.97. The molecule has 0 atom stereocenters. The van der Waals surface area contributed by atoms with Crippen LogP contribution in [0.1, 0.15) is 49.0 Å². The topological polar surface area (TPSA) is 42.0 Å². The first-order chi connectivity index (χ1) is 14.0. The van der Waals surface area contributed by atoms with Gasteiger partial charge in [-0.25, -0.2) is 0 Å². The summed E-state index contributed by atoms with van der Waals surface area (Å²) in [7, 11) is 1.73. The summed E-state index contributed by atoms with van der Waals surface area (Å²) >= 11 is 0. The highest BCUT2D eigenvalue weighted by Gasteiger charge is 2.25. The van der Waals surface area contributed by atoms with Crippen LogP contribution in [0, 0.1) is 0 Å². The number of hydrogen-bond acceptors (Lipinski definition) is 4. The molecule has 4 rings (SSSR count). The zero-order valence-electron chi connectivity index (χ0n) is 17.6. The van der Waals surface area contributed by atoms with Crippen LogP contribution >= 0.6 is 0 Å². The van der Waals surface area contributed by atoms with Crippen LogP contribution < -0.4 is 9.64 Å². The van der Waals surface area contributed by atoms with Crippen LogP contribution in [-0.2, 0) is 10.3 Å². The van der Waals surface area contributed by atoms with Crippen molar-refractivity contribution in [3.8, 4) is 5.75 Å². The smallest absolute Gasteiger partial charge is 0.253 e.